The van der Waals surface area contributed by atoms with Crippen molar-refractivity contribution in [1.29, 1.82) is 0 Å². The minimum absolute atomic E-state index is 0.194. The monoisotopic (exact) mass is 262 g/mol. The van der Waals surface area contributed by atoms with Gasteiger partial charge in [-0.1, -0.05) is 0 Å². The third-order valence-electron chi connectivity index (χ3n) is 2.67. The largest absolute Gasteiger partial charge is 0.377 e. The van der Waals surface area contributed by atoms with Crippen molar-refractivity contribution in [3.8, 4) is 0 Å². The number of aryl methyl sites for hydroxylation is 1. The van der Waals surface area contributed by atoms with Crippen LogP contribution in [0.2, 0.25) is 0 Å². The van der Waals surface area contributed by atoms with Crippen LogP contribution in [0.25, 0.3) is 0 Å². The van der Waals surface area contributed by atoms with Crippen LogP contribution in [0.5, 0.6) is 0 Å². The first-order chi connectivity index (χ1) is 9.06. The molecule has 2 rings (SSSR count). The topological polar surface area (TPSA) is 69.8 Å². The van der Waals surface area contributed by atoms with E-state index in [4.69, 9.17) is 0 Å². The number of anilines is 2. The number of H-pyrrole nitrogens is 1. The number of aromatic amines is 1. The summed E-state index contributed by atoms with van der Waals surface area (Å²) in [5.41, 5.74) is 2.64. The van der Waals surface area contributed by atoms with Gasteiger partial charge in [0.2, 0.25) is 5.91 Å². The Morgan fingerprint density at radius 2 is 2.26 bits per heavy atom. The molecule has 0 bridgehead atoms. The molecule has 0 fully saturated rings. The summed E-state index contributed by atoms with van der Waals surface area (Å²) in [6.45, 7) is 3.72. The maximum absolute atomic E-state index is 13.6. The molecule has 2 aromatic rings. The molecule has 1 heterocycles. The molecular formula is C13H15FN4O. The summed E-state index contributed by atoms with van der Waals surface area (Å²) in [6, 6.07) is 4.38. The summed E-state index contributed by atoms with van der Waals surface area (Å²) >= 11 is 0. The van der Waals surface area contributed by atoms with Gasteiger partial charge in [0.05, 0.1) is 24.3 Å². The van der Waals surface area contributed by atoms with E-state index in [1.165, 1.54) is 19.1 Å². The lowest BCUT2D eigenvalue weighted by atomic mass is 10.2. The standard InChI is InChI=1S/C13H15FN4O/c1-8-13(17-7-16-8)6-15-12-5-10(18-9(2)19)3-4-11(12)14/h3-5,7,15H,6H2,1-2H3,(H,16,17)(H,18,19). The van der Waals surface area contributed by atoms with Crippen LogP contribution in [0.4, 0.5) is 15.8 Å². The van der Waals surface area contributed by atoms with E-state index in [9.17, 15) is 9.18 Å². The lowest BCUT2D eigenvalue weighted by Gasteiger charge is -2.09. The number of imidazole rings is 1. The van der Waals surface area contributed by atoms with Gasteiger partial charge in [-0.25, -0.2) is 9.37 Å². The summed E-state index contributed by atoms with van der Waals surface area (Å²) in [7, 11) is 0. The molecule has 0 atom stereocenters. The molecule has 1 aromatic heterocycles. The molecule has 100 valence electrons. The molecule has 0 spiro atoms. The van der Waals surface area contributed by atoms with Gasteiger partial charge in [-0.3, -0.25) is 4.79 Å². The SMILES string of the molecule is CC(=O)Nc1ccc(F)c(NCc2nc[nH]c2C)c1. The number of benzene rings is 1. The van der Waals surface area contributed by atoms with Crippen LogP contribution in [-0.4, -0.2) is 15.9 Å². The fourth-order valence-corrected chi connectivity index (χ4v) is 1.69. The van der Waals surface area contributed by atoms with E-state index in [1.807, 2.05) is 6.92 Å². The van der Waals surface area contributed by atoms with Gasteiger partial charge in [0, 0.05) is 18.3 Å². The van der Waals surface area contributed by atoms with Crippen LogP contribution in [0.1, 0.15) is 18.3 Å². The predicted octanol–water partition coefficient (Wildman–Crippen LogP) is 2.43. The summed E-state index contributed by atoms with van der Waals surface area (Å²) in [5.74, 6) is -0.567. The Kier molecular flexibility index (Phi) is 3.79. The zero-order valence-electron chi connectivity index (χ0n) is 10.7. The van der Waals surface area contributed by atoms with Crippen molar-refractivity contribution < 1.29 is 9.18 Å². The van der Waals surface area contributed by atoms with E-state index in [2.05, 4.69) is 20.6 Å². The summed E-state index contributed by atoms with van der Waals surface area (Å²) in [5, 5.41) is 5.57. The highest BCUT2D eigenvalue weighted by Gasteiger charge is 2.06. The number of halogens is 1. The lowest BCUT2D eigenvalue weighted by molar-refractivity contribution is -0.114. The minimum atomic E-state index is -0.373. The fraction of sp³-hybridized carbons (Fsp3) is 0.231. The Hall–Kier alpha value is -2.37. The Labute approximate surface area is 110 Å². The van der Waals surface area contributed by atoms with Gasteiger partial charge >= 0.3 is 0 Å². The van der Waals surface area contributed by atoms with Crippen LogP contribution in [0.3, 0.4) is 0 Å². The second-order valence-electron chi connectivity index (χ2n) is 4.20. The highest BCUT2D eigenvalue weighted by molar-refractivity contribution is 5.89. The molecule has 0 aliphatic heterocycles. The summed E-state index contributed by atoms with van der Waals surface area (Å²) in [6.07, 6.45) is 1.59. The Morgan fingerprint density at radius 3 is 2.89 bits per heavy atom. The van der Waals surface area contributed by atoms with Crippen LogP contribution in [0, 0.1) is 12.7 Å². The Bertz CT molecular complexity index is 594. The van der Waals surface area contributed by atoms with Crippen molar-refractivity contribution >= 4 is 17.3 Å². The second-order valence-corrected chi connectivity index (χ2v) is 4.20. The molecule has 0 saturated carbocycles. The number of rotatable bonds is 4. The number of amides is 1. The normalized spacial score (nSPS) is 10.3. The van der Waals surface area contributed by atoms with Gasteiger partial charge in [-0.2, -0.15) is 0 Å². The van der Waals surface area contributed by atoms with Crippen molar-refractivity contribution in [2.45, 2.75) is 20.4 Å². The van der Waals surface area contributed by atoms with E-state index in [0.717, 1.165) is 11.4 Å². The van der Waals surface area contributed by atoms with E-state index >= 15 is 0 Å². The molecule has 0 aliphatic rings. The van der Waals surface area contributed by atoms with Crippen LogP contribution >= 0.6 is 0 Å². The molecule has 3 N–H and O–H groups in total. The average Bonchev–Trinajstić information content (AvgIpc) is 2.75. The van der Waals surface area contributed by atoms with Gasteiger partial charge in [-0.05, 0) is 25.1 Å². The molecule has 0 unspecified atom stereocenters. The van der Waals surface area contributed by atoms with E-state index < -0.39 is 0 Å². The van der Waals surface area contributed by atoms with Crippen molar-refractivity contribution in [3.63, 3.8) is 0 Å². The number of carbonyl (C=O) groups excluding carboxylic acids is 1. The fourth-order valence-electron chi connectivity index (χ4n) is 1.69. The van der Waals surface area contributed by atoms with Crippen molar-refractivity contribution in [2.75, 3.05) is 10.6 Å². The number of nitrogens with zero attached hydrogens (tertiary/aromatic N) is 1. The average molecular weight is 262 g/mol. The lowest BCUT2D eigenvalue weighted by Crippen LogP contribution is -2.08. The number of nitrogens with one attached hydrogen (secondary N) is 3. The van der Waals surface area contributed by atoms with Gasteiger partial charge in [0.15, 0.2) is 0 Å². The molecule has 1 amide bonds. The number of hydrogen-bond donors (Lipinski definition) is 3. The second kappa shape index (κ2) is 5.51. The first-order valence-corrected chi connectivity index (χ1v) is 5.86. The maximum Gasteiger partial charge on any atom is 0.221 e. The van der Waals surface area contributed by atoms with Gasteiger partial charge < -0.3 is 15.6 Å². The number of hydrogen-bond acceptors (Lipinski definition) is 3. The third-order valence-corrected chi connectivity index (χ3v) is 2.67. The Balaban J connectivity index is 2.11. The minimum Gasteiger partial charge on any atom is -0.377 e. The summed E-state index contributed by atoms with van der Waals surface area (Å²) < 4.78 is 13.6. The van der Waals surface area contributed by atoms with Crippen LogP contribution in [-0.2, 0) is 11.3 Å². The molecule has 1 aromatic carbocycles. The third kappa shape index (κ3) is 3.31. The highest BCUT2D eigenvalue weighted by atomic mass is 19.1. The predicted molar refractivity (Wildman–Crippen MR) is 71.4 cm³/mol. The van der Waals surface area contributed by atoms with Crippen molar-refractivity contribution in [3.05, 3.63) is 41.7 Å². The van der Waals surface area contributed by atoms with Crippen LogP contribution < -0.4 is 10.6 Å². The quantitative estimate of drug-likeness (QED) is 0.792. The van der Waals surface area contributed by atoms with Gasteiger partial charge in [-0.15, -0.1) is 0 Å². The highest BCUT2D eigenvalue weighted by Crippen LogP contribution is 2.20. The zero-order chi connectivity index (χ0) is 13.8. The number of aromatic nitrogens is 2. The Morgan fingerprint density at radius 1 is 1.47 bits per heavy atom. The first kappa shape index (κ1) is 13.1. The van der Waals surface area contributed by atoms with Gasteiger partial charge in [0.25, 0.3) is 0 Å². The van der Waals surface area contributed by atoms with Crippen molar-refractivity contribution in [2.24, 2.45) is 0 Å². The molecule has 0 aliphatic carbocycles. The molecule has 19 heavy (non-hydrogen) atoms. The smallest absolute Gasteiger partial charge is 0.221 e. The molecule has 6 heteroatoms. The molecule has 0 saturated heterocycles. The van der Waals surface area contributed by atoms with Crippen LogP contribution in [0.15, 0.2) is 24.5 Å². The molecule has 5 nitrogen and oxygen atoms in total. The number of carbonyl (C=O) groups is 1. The molecular weight excluding hydrogens is 247 g/mol. The van der Waals surface area contributed by atoms with Crippen molar-refractivity contribution in [1.82, 2.24) is 9.97 Å². The maximum atomic E-state index is 13.6. The zero-order valence-corrected chi connectivity index (χ0v) is 10.7. The van der Waals surface area contributed by atoms with Gasteiger partial charge in [0.1, 0.15) is 5.82 Å². The van der Waals surface area contributed by atoms with E-state index in [0.29, 0.717) is 17.9 Å². The first-order valence-electron chi connectivity index (χ1n) is 5.86. The summed E-state index contributed by atoms with van der Waals surface area (Å²) in [4.78, 5) is 18.0. The molecule has 0 radical (unpaired) electrons. The van der Waals surface area contributed by atoms with E-state index in [1.54, 1.807) is 12.4 Å². The van der Waals surface area contributed by atoms with E-state index in [-0.39, 0.29) is 11.7 Å².